The highest BCUT2D eigenvalue weighted by atomic mass is 16.3. The molecular formula is C11H15NO. The molecule has 13 heavy (non-hydrogen) atoms. The maximum absolute atomic E-state index is 9.28. The van der Waals surface area contributed by atoms with Gasteiger partial charge in [0, 0.05) is 18.7 Å². The first kappa shape index (κ1) is 8.70. The number of allylic oxidation sites excluding steroid dienone is 2. The molecule has 1 saturated carbocycles. The van der Waals surface area contributed by atoms with Gasteiger partial charge in [-0.25, -0.2) is 0 Å². The average Bonchev–Trinajstić information content (AvgIpc) is 2.87. The van der Waals surface area contributed by atoms with Crippen LogP contribution in [0.5, 0.6) is 0 Å². The molecule has 0 heterocycles. The quantitative estimate of drug-likeness (QED) is 0.640. The van der Waals surface area contributed by atoms with Crippen molar-refractivity contribution in [2.24, 2.45) is 10.4 Å². The predicted molar refractivity (Wildman–Crippen MR) is 53.9 cm³/mol. The van der Waals surface area contributed by atoms with E-state index in [2.05, 4.69) is 11.1 Å². The molecule has 0 spiro atoms. The fourth-order valence-electron chi connectivity index (χ4n) is 1.85. The fourth-order valence-corrected chi connectivity index (χ4v) is 1.85. The molecule has 1 atom stereocenters. The van der Waals surface area contributed by atoms with Gasteiger partial charge in [-0.2, -0.15) is 0 Å². The average molecular weight is 177 g/mol. The highest BCUT2D eigenvalue weighted by molar-refractivity contribution is 5.75. The monoisotopic (exact) mass is 177 g/mol. The smallest absolute Gasteiger partial charge is 0.0758 e. The largest absolute Gasteiger partial charge is 0.389 e. The van der Waals surface area contributed by atoms with Crippen molar-refractivity contribution in [2.45, 2.75) is 25.4 Å². The number of aliphatic hydroxyl groups excluding tert-OH is 1. The summed E-state index contributed by atoms with van der Waals surface area (Å²) in [6, 6.07) is 0. The van der Waals surface area contributed by atoms with Gasteiger partial charge in [0.25, 0.3) is 0 Å². The molecule has 2 rings (SSSR count). The van der Waals surface area contributed by atoms with Gasteiger partial charge in [0.15, 0.2) is 0 Å². The zero-order valence-electron chi connectivity index (χ0n) is 7.90. The molecule has 2 aliphatic rings. The van der Waals surface area contributed by atoms with Crippen molar-refractivity contribution in [3.8, 4) is 0 Å². The maximum atomic E-state index is 9.28. The van der Waals surface area contributed by atoms with E-state index in [1.165, 1.54) is 18.4 Å². The van der Waals surface area contributed by atoms with Crippen molar-refractivity contribution in [3.63, 3.8) is 0 Å². The van der Waals surface area contributed by atoms with E-state index in [9.17, 15) is 5.11 Å². The Labute approximate surface area is 78.7 Å². The molecule has 0 aromatic carbocycles. The normalized spacial score (nSPS) is 30.6. The highest BCUT2D eigenvalue weighted by Crippen LogP contribution is 2.51. The van der Waals surface area contributed by atoms with Gasteiger partial charge in [0.2, 0.25) is 0 Å². The third-order valence-corrected chi connectivity index (χ3v) is 2.82. The van der Waals surface area contributed by atoms with Crippen LogP contribution < -0.4 is 0 Å². The van der Waals surface area contributed by atoms with Crippen LogP contribution in [-0.4, -0.2) is 24.5 Å². The summed E-state index contributed by atoms with van der Waals surface area (Å²) in [5.41, 5.74) is 1.56. The van der Waals surface area contributed by atoms with Gasteiger partial charge < -0.3 is 5.11 Å². The molecule has 2 nitrogen and oxygen atoms in total. The Hall–Kier alpha value is -0.890. The van der Waals surface area contributed by atoms with Gasteiger partial charge in [-0.1, -0.05) is 18.2 Å². The minimum Gasteiger partial charge on any atom is -0.389 e. The summed E-state index contributed by atoms with van der Waals surface area (Å²) in [6.07, 6.45) is 11.0. The zero-order chi connectivity index (χ0) is 9.31. The molecule has 1 unspecified atom stereocenters. The molecule has 0 radical (unpaired) electrons. The topological polar surface area (TPSA) is 32.6 Å². The van der Waals surface area contributed by atoms with Gasteiger partial charge in [0.1, 0.15) is 0 Å². The molecule has 70 valence electrons. The Morgan fingerprint density at radius 3 is 2.85 bits per heavy atom. The van der Waals surface area contributed by atoms with Crippen molar-refractivity contribution in [3.05, 3.63) is 23.8 Å². The van der Waals surface area contributed by atoms with Gasteiger partial charge in [-0.15, -0.1) is 0 Å². The summed E-state index contributed by atoms with van der Waals surface area (Å²) < 4.78 is 0. The molecule has 0 bridgehead atoms. The molecule has 0 saturated heterocycles. The Morgan fingerprint density at radius 2 is 2.38 bits per heavy atom. The van der Waals surface area contributed by atoms with E-state index in [-0.39, 0.29) is 11.5 Å². The van der Waals surface area contributed by atoms with E-state index in [1.807, 2.05) is 25.4 Å². The Kier molecular flexibility index (Phi) is 2.08. The van der Waals surface area contributed by atoms with Crippen molar-refractivity contribution < 1.29 is 5.11 Å². The van der Waals surface area contributed by atoms with Crippen LogP contribution in [0.1, 0.15) is 19.3 Å². The second-order valence-corrected chi connectivity index (χ2v) is 3.87. The summed E-state index contributed by atoms with van der Waals surface area (Å²) in [5, 5.41) is 9.28. The van der Waals surface area contributed by atoms with Crippen LogP contribution in [0.15, 0.2) is 28.8 Å². The third-order valence-electron chi connectivity index (χ3n) is 2.82. The second kappa shape index (κ2) is 3.11. The highest BCUT2D eigenvalue weighted by Gasteiger charge is 2.43. The van der Waals surface area contributed by atoms with Crippen molar-refractivity contribution >= 4 is 6.21 Å². The number of hydrogen-bond donors (Lipinski definition) is 1. The molecule has 2 heteroatoms. The lowest BCUT2D eigenvalue weighted by Crippen LogP contribution is -2.11. The number of aliphatic hydroxyl groups is 1. The second-order valence-electron chi connectivity index (χ2n) is 3.87. The standard InChI is InChI=1S/C11H15NO/c1-12-8-11(6-7-11)9-2-4-10(13)5-3-9/h2-4,8,10,13H,5-7H2,1H3. The number of hydrogen-bond acceptors (Lipinski definition) is 2. The van der Waals surface area contributed by atoms with E-state index < -0.39 is 0 Å². The maximum Gasteiger partial charge on any atom is 0.0758 e. The van der Waals surface area contributed by atoms with Crippen LogP contribution in [0, 0.1) is 5.41 Å². The zero-order valence-corrected chi connectivity index (χ0v) is 7.90. The number of nitrogens with zero attached hydrogens (tertiary/aromatic N) is 1. The fraction of sp³-hybridized carbons (Fsp3) is 0.545. The van der Waals surface area contributed by atoms with Crippen LogP contribution >= 0.6 is 0 Å². The van der Waals surface area contributed by atoms with Crippen molar-refractivity contribution in [1.82, 2.24) is 0 Å². The number of aliphatic imine (C=N–C) groups is 1. The Bertz CT molecular complexity index is 284. The minimum atomic E-state index is -0.280. The summed E-state index contributed by atoms with van der Waals surface area (Å²) in [4.78, 5) is 4.10. The first-order valence-electron chi connectivity index (χ1n) is 4.77. The van der Waals surface area contributed by atoms with Crippen molar-refractivity contribution in [1.29, 1.82) is 0 Å². The van der Waals surface area contributed by atoms with Gasteiger partial charge in [-0.05, 0) is 24.8 Å². The Balaban J connectivity index is 2.14. The van der Waals surface area contributed by atoms with E-state index in [0.29, 0.717) is 0 Å². The summed E-state index contributed by atoms with van der Waals surface area (Å²) >= 11 is 0. The summed E-state index contributed by atoms with van der Waals surface area (Å²) in [6.45, 7) is 0. The lowest BCUT2D eigenvalue weighted by Gasteiger charge is -2.16. The molecular weight excluding hydrogens is 162 g/mol. The lowest BCUT2D eigenvalue weighted by molar-refractivity contribution is 0.225. The summed E-state index contributed by atoms with van der Waals surface area (Å²) in [7, 11) is 1.82. The van der Waals surface area contributed by atoms with Crippen LogP contribution in [-0.2, 0) is 0 Å². The summed E-state index contributed by atoms with van der Waals surface area (Å²) in [5.74, 6) is 0. The van der Waals surface area contributed by atoms with E-state index in [0.717, 1.165) is 6.42 Å². The SMILES string of the molecule is CN=CC1(C2=CCC(O)C=C2)CC1. The van der Waals surface area contributed by atoms with Gasteiger partial charge in [0.05, 0.1) is 6.10 Å². The van der Waals surface area contributed by atoms with E-state index >= 15 is 0 Å². The molecule has 1 N–H and O–H groups in total. The molecule has 0 amide bonds. The van der Waals surface area contributed by atoms with Crippen LogP contribution in [0.4, 0.5) is 0 Å². The van der Waals surface area contributed by atoms with Crippen LogP contribution in [0.3, 0.4) is 0 Å². The van der Waals surface area contributed by atoms with Crippen LogP contribution in [0.2, 0.25) is 0 Å². The Morgan fingerprint density at radius 1 is 1.62 bits per heavy atom. The first-order chi connectivity index (χ1) is 6.27. The molecule has 0 aromatic heterocycles. The van der Waals surface area contributed by atoms with Gasteiger partial charge in [-0.3, -0.25) is 4.99 Å². The molecule has 1 fully saturated rings. The predicted octanol–water partition coefficient (Wildman–Crippen LogP) is 1.71. The lowest BCUT2D eigenvalue weighted by atomic mass is 9.91. The van der Waals surface area contributed by atoms with Crippen molar-refractivity contribution in [2.75, 3.05) is 7.05 Å². The van der Waals surface area contributed by atoms with Crippen LogP contribution in [0.25, 0.3) is 0 Å². The van der Waals surface area contributed by atoms with E-state index in [4.69, 9.17) is 0 Å². The minimum absolute atomic E-state index is 0.228. The third kappa shape index (κ3) is 1.59. The molecule has 0 aliphatic heterocycles. The number of rotatable bonds is 2. The molecule has 2 aliphatic carbocycles. The molecule has 0 aromatic rings. The van der Waals surface area contributed by atoms with Gasteiger partial charge >= 0.3 is 0 Å². The van der Waals surface area contributed by atoms with E-state index in [1.54, 1.807) is 0 Å². The first-order valence-corrected chi connectivity index (χ1v) is 4.77.